The van der Waals surface area contributed by atoms with Crippen LogP contribution in [0.3, 0.4) is 0 Å². The quantitative estimate of drug-likeness (QED) is 0.521. The lowest BCUT2D eigenvalue weighted by Crippen LogP contribution is -2.61. The van der Waals surface area contributed by atoms with E-state index in [1.54, 1.807) is 30.8 Å². The van der Waals surface area contributed by atoms with Crippen LogP contribution in [0.2, 0.25) is 0 Å². The Kier molecular flexibility index (Phi) is 6.35. The molecule has 2 aliphatic heterocycles. The van der Waals surface area contributed by atoms with E-state index in [2.05, 4.69) is 25.5 Å². The van der Waals surface area contributed by atoms with Crippen LogP contribution in [0.5, 0.6) is 5.75 Å². The zero-order valence-electron chi connectivity index (χ0n) is 18.9. The number of aromatic hydroxyl groups is 1. The number of aromatic nitrogens is 4. The Bertz CT molecular complexity index is 1180. The van der Waals surface area contributed by atoms with E-state index in [-0.39, 0.29) is 23.7 Å². The summed E-state index contributed by atoms with van der Waals surface area (Å²) in [5, 5.41) is 22.8. The molecule has 0 aliphatic carbocycles. The van der Waals surface area contributed by atoms with Gasteiger partial charge in [0, 0.05) is 30.9 Å². The number of benzene rings is 1. The summed E-state index contributed by atoms with van der Waals surface area (Å²) in [5.74, 6) is 0.281. The average molecular weight is 485 g/mol. The number of rotatable bonds is 5. The second-order valence-corrected chi connectivity index (χ2v) is 9.64. The molecule has 0 radical (unpaired) electrons. The minimum Gasteiger partial charge on any atom is -0.507 e. The Labute approximate surface area is 201 Å². The summed E-state index contributed by atoms with van der Waals surface area (Å²) in [5.41, 5.74) is 1.58. The van der Waals surface area contributed by atoms with Crippen LogP contribution in [-0.2, 0) is 0 Å². The molecule has 34 heavy (non-hydrogen) atoms. The van der Waals surface area contributed by atoms with Crippen LogP contribution in [0.15, 0.2) is 41.7 Å². The van der Waals surface area contributed by atoms with Gasteiger partial charge in [-0.1, -0.05) is 12.5 Å². The summed E-state index contributed by atoms with van der Waals surface area (Å²) < 4.78 is 29.2. The molecular formula is C24H26F2N6OS. The van der Waals surface area contributed by atoms with Crippen LogP contribution in [-0.4, -0.2) is 62.9 Å². The molecule has 2 fully saturated rings. The van der Waals surface area contributed by atoms with Gasteiger partial charge in [-0.15, -0.1) is 22.0 Å². The zero-order chi connectivity index (χ0) is 23.8. The van der Waals surface area contributed by atoms with Gasteiger partial charge in [0.1, 0.15) is 16.9 Å². The number of nitrogens with zero attached hydrogens (tertiary/aromatic N) is 5. The Balaban J connectivity index is 1.34. The summed E-state index contributed by atoms with van der Waals surface area (Å²) in [6, 6.07) is 6.26. The second kappa shape index (κ2) is 9.42. The molecule has 0 spiro atoms. The molecule has 2 bridgehead atoms. The van der Waals surface area contributed by atoms with Crippen LogP contribution in [0, 0.1) is 5.82 Å². The first-order valence-corrected chi connectivity index (χ1v) is 12.5. The van der Waals surface area contributed by atoms with Crippen LogP contribution >= 0.6 is 11.8 Å². The Morgan fingerprint density at radius 3 is 2.68 bits per heavy atom. The zero-order valence-corrected chi connectivity index (χ0v) is 19.8. The van der Waals surface area contributed by atoms with Crippen molar-refractivity contribution in [1.82, 2.24) is 25.5 Å². The fourth-order valence-electron chi connectivity index (χ4n) is 4.91. The fraction of sp³-hybridized carbons (Fsp3) is 0.417. The molecule has 10 heteroatoms. The number of piperidine rings is 2. The van der Waals surface area contributed by atoms with E-state index >= 15 is 4.39 Å². The molecule has 3 aromatic rings. The van der Waals surface area contributed by atoms with Crippen molar-refractivity contribution in [2.45, 2.75) is 55.0 Å². The van der Waals surface area contributed by atoms with Crippen molar-refractivity contribution in [3.05, 3.63) is 42.5 Å². The number of pyridine rings is 1. The highest BCUT2D eigenvalue weighted by atomic mass is 32.2. The summed E-state index contributed by atoms with van der Waals surface area (Å²) in [6.07, 6.45) is 7.60. The number of anilines is 1. The SMILES string of the molecule is CSc1ncc(-c2ccc(-c3ncc(N(C)[C@H]4C[C@@H]5CCC[C@@H](N5)[C@H]4F)nn3)c(O)c2)cc1F. The highest BCUT2D eigenvalue weighted by Crippen LogP contribution is 2.34. The minimum atomic E-state index is -0.982. The summed E-state index contributed by atoms with van der Waals surface area (Å²) in [4.78, 5) is 10.3. The largest absolute Gasteiger partial charge is 0.507 e. The monoisotopic (exact) mass is 484 g/mol. The van der Waals surface area contributed by atoms with Gasteiger partial charge in [0.2, 0.25) is 0 Å². The minimum absolute atomic E-state index is 0.0511. The maximum Gasteiger partial charge on any atom is 0.185 e. The number of fused-ring (bicyclic) bond motifs is 2. The first kappa shape index (κ1) is 22.9. The lowest BCUT2D eigenvalue weighted by Gasteiger charge is -2.45. The first-order chi connectivity index (χ1) is 16.4. The van der Waals surface area contributed by atoms with Crippen molar-refractivity contribution < 1.29 is 13.9 Å². The lowest BCUT2D eigenvalue weighted by atomic mass is 9.82. The molecule has 2 N–H and O–H groups in total. The molecule has 5 rings (SSSR count). The van der Waals surface area contributed by atoms with E-state index in [1.807, 2.05) is 11.9 Å². The molecule has 7 nitrogen and oxygen atoms in total. The van der Waals surface area contributed by atoms with E-state index in [4.69, 9.17) is 0 Å². The van der Waals surface area contributed by atoms with Gasteiger partial charge in [0.25, 0.3) is 0 Å². The number of thioether (sulfide) groups is 1. The number of halogens is 2. The fourth-order valence-corrected chi connectivity index (χ4v) is 5.32. The Morgan fingerprint density at radius 1 is 1.12 bits per heavy atom. The Morgan fingerprint density at radius 2 is 1.97 bits per heavy atom. The average Bonchev–Trinajstić information content (AvgIpc) is 2.86. The van der Waals surface area contributed by atoms with Crippen molar-refractivity contribution in [2.24, 2.45) is 0 Å². The number of alkyl halides is 1. The molecule has 0 unspecified atom stereocenters. The smallest absolute Gasteiger partial charge is 0.185 e. The summed E-state index contributed by atoms with van der Waals surface area (Å²) >= 11 is 1.23. The van der Waals surface area contributed by atoms with Crippen LogP contribution in [0.4, 0.5) is 14.6 Å². The van der Waals surface area contributed by atoms with Crippen molar-refractivity contribution in [2.75, 3.05) is 18.2 Å². The molecule has 0 saturated carbocycles. The van der Waals surface area contributed by atoms with Gasteiger partial charge in [0.15, 0.2) is 17.5 Å². The molecule has 2 aliphatic rings. The van der Waals surface area contributed by atoms with Crippen molar-refractivity contribution in [3.8, 4) is 28.3 Å². The van der Waals surface area contributed by atoms with Crippen molar-refractivity contribution in [3.63, 3.8) is 0 Å². The van der Waals surface area contributed by atoms with Gasteiger partial charge < -0.3 is 15.3 Å². The normalized spacial score (nSPS) is 24.1. The van der Waals surface area contributed by atoms with E-state index in [0.717, 1.165) is 19.3 Å². The van der Waals surface area contributed by atoms with Gasteiger partial charge in [0.05, 0.1) is 17.8 Å². The standard InChI is InChI=1S/C24H26F2N6OS/c1-32(19-10-15-4-3-5-18(29-15)22(19)26)21-12-27-23(31-30-21)16-7-6-13(9-20(16)33)14-8-17(25)24(34-2)28-11-14/h6-9,11-12,15,18-19,22,29,33H,3-5,10H2,1-2H3/t15-,18+,19-,22+/m0/s1. The Hall–Kier alpha value is -2.85. The maximum atomic E-state index is 15.1. The summed E-state index contributed by atoms with van der Waals surface area (Å²) in [6.45, 7) is 0. The first-order valence-electron chi connectivity index (χ1n) is 11.3. The second-order valence-electron chi connectivity index (χ2n) is 8.85. The lowest BCUT2D eigenvalue weighted by molar-refractivity contribution is 0.107. The number of phenolic OH excluding ortho intramolecular Hbond substituents is 1. The van der Waals surface area contributed by atoms with Gasteiger partial charge in [-0.05, 0) is 49.3 Å². The predicted molar refractivity (Wildman–Crippen MR) is 128 cm³/mol. The van der Waals surface area contributed by atoms with E-state index < -0.39 is 12.0 Å². The van der Waals surface area contributed by atoms with E-state index in [9.17, 15) is 9.50 Å². The molecular weight excluding hydrogens is 458 g/mol. The summed E-state index contributed by atoms with van der Waals surface area (Å²) in [7, 11) is 1.82. The number of phenols is 1. The predicted octanol–water partition coefficient (Wildman–Crippen LogP) is 4.22. The van der Waals surface area contributed by atoms with Crippen LogP contribution in [0.25, 0.3) is 22.5 Å². The topological polar surface area (TPSA) is 87.1 Å². The number of hydrogen-bond donors (Lipinski definition) is 2. The van der Waals surface area contributed by atoms with Gasteiger partial charge in [-0.25, -0.2) is 18.7 Å². The maximum absolute atomic E-state index is 15.1. The molecule has 178 valence electrons. The molecule has 2 aromatic heterocycles. The van der Waals surface area contributed by atoms with E-state index in [1.165, 1.54) is 23.9 Å². The van der Waals surface area contributed by atoms with Crippen molar-refractivity contribution >= 4 is 17.6 Å². The molecule has 4 heterocycles. The molecule has 2 saturated heterocycles. The third kappa shape index (κ3) is 4.32. The highest BCUT2D eigenvalue weighted by molar-refractivity contribution is 7.98. The molecule has 1 aromatic carbocycles. The third-order valence-corrected chi connectivity index (χ3v) is 7.46. The van der Waals surface area contributed by atoms with Crippen LogP contribution < -0.4 is 10.2 Å². The third-order valence-electron chi connectivity index (χ3n) is 6.78. The van der Waals surface area contributed by atoms with Crippen molar-refractivity contribution in [1.29, 1.82) is 0 Å². The van der Waals surface area contributed by atoms with Gasteiger partial charge in [-0.3, -0.25) is 0 Å². The molecule has 4 atom stereocenters. The van der Waals surface area contributed by atoms with Gasteiger partial charge in [-0.2, -0.15) is 0 Å². The highest BCUT2D eigenvalue weighted by Gasteiger charge is 2.42. The van der Waals surface area contributed by atoms with Gasteiger partial charge >= 0.3 is 0 Å². The van der Waals surface area contributed by atoms with Crippen LogP contribution in [0.1, 0.15) is 25.7 Å². The number of nitrogens with one attached hydrogen (secondary N) is 1. The molecule has 0 amide bonds. The van der Waals surface area contributed by atoms with E-state index in [0.29, 0.717) is 40.0 Å². The number of hydrogen-bond acceptors (Lipinski definition) is 8.